The molecule has 3 rings (SSSR count). The number of benzene rings is 3. The Hall–Kier alpha value is -4.16. The molecule has 0 atom stereocenters. The Morgan fingerprint density at radius 2 is 1.45 bits per heavy atom. The SMILES string of the molecule is CC(C)(c1ccccc1)c1ccc(Oc2cc(C#N)c(C#N)cc2[N+](=O)[O-])cc1. The highest BCUT2D eigenvalue weighted by Gasteiger charge is 2.24. The second kappa shape index (κ2) is 7.84. The van der Waals surface area contributed by atoms with Crippen molar-refractivity contribution in [3.8, 4) is 23.6 Å². The first-order valence-corrected chi connectivity index (χ1v) is 8.83. The van der Waals surface area contributed by atoms with Crippen LogP contribution in [0, 0.1) is 32.8 Å². The number of hydrogen-bond acceptors (Lipinski definition) is 5. The predicted octanol–water partition coefficient (Wildman–Crippen LogP) is 5.46. The summed E-state index contributed by atoms with van der Waals surface area (Å²) in [6, 6.07) is 23.3. The van der Waals surface area contributed by atoms with Crippen molar-refractivity contribution in [1.82, 2.24) is 0 Å². The quantitative estimate of drug-likeness (QED) is 0.430. The van der Waals surface area contributed by atoms with Crippen LogP contribution in [0.3, 0.4) is 0 Å². The van der Waals surface area contributed by atoms with Crippen LogP contribution in [0.1, 0.15) is 36.1 Å². The normalized spacial score (nSPS) is 10.6. The Morgan fingerprint density at radius 3 is 2.00 bits per heavy atom. The van der Waals surface area contributed by atoms with Gasteiger partial charge in [0.2, 0.25) is 5.75 Å². The van der Waals surface area contributed by atoms with Crippen LogP contribution in [0.2, 0.25) is 0 Å². The first-order chi connectivity index (χ1) is 13.9. The van der Waals surface area contributed by atoms with Gasteiger partial charge in [-0.3, -0.25) is 10.1 Å². The molecule has 0 spiro atoms. The van der Waals surface area contributed by atoms with E-state index in [1.54, 1.807) is 18.2 Å². The maximum Gasteiger partial charge on any atom is 0.312 e. The first-order valence-electron chi connectivity index (χ1n) is 8.83. The van der Waals surface area contributed by atoms with Gasteiger partial charge in [-0.2, -0.15) is 10.5 Å². The van der Waals surface area contributed by atoms with E-state index in [1.807, 2.05) is 36.4 Å². The number of ether oxygens (including phenoxy) is 1. The molecule has 142 valence electrons. The Morgan fingerprint density at radius 1 is 0.897 bits per heavy atom. The van der Waals surface area contributed by atoms with Crippen molar-refractivity contribution in [3.63, 3.8) is 0 Å². The third-order valence-corrected chi connectivity index (χ3v) is 4.84. The zero-order valence-corrected chi connectivity index (χ0v) is 15.9. The summed E-state index contributed by atoms with van der Waals surface area (Å²) in [4.78, 5) is 10.7. The van der Waals surface area contributed by atoms with E-state index in [4.69, 9.17) is 10.00 Å². The van der Waals surface area contributed by atoms with Crippen LogP contribution in [-0.4, -0.2) is 4.92 Å². The third-order valence-electron chi connectivity index (χ3n) is 4.84. The lowest BCUT2D eigenvalue weighted by molar-refractivity contribution is -0.385. The Balaban J connectivity index is 1.94. The van der Waals surface area contributed by atoms with Gasteiger partial charge in [-0.15, -0.1) is 0 Å². The molecule has 0 unspecified atom stereocenters. The fourth-order valence-electron chi connectivity index (χ4n) is 3.07. The first kappa shape index (κ1) is 19.6. The number of nitriles is 2. The van der Waals surface area contributed by atoms with Gasteiger partial charge in [0.25, 0.3) is 0 Å². The Bertz CT molecular complexity index is 1140. The minimum absolute atomic E-state index is 0.0231. The van der Waals surface area contributed by atoms with Gasteiger partial charge in [-0.25, -0.2) is 0 Å². The second-order valence-electron chi connectivity index (χ2n) is 6.96. The molecule has 3 aromatic rings. The van der Waals surface area contributed by atoms with Crippen molar-refractivity contribution >= 4 is 5.69 Å². The summed E-state index contributed by atoms with van der Waals surface area (Å²) < 4.78 is 5.68. The van der Waals surface area contributed by atoms with Crippen molar-refractivity contribution < 1.29 is 9.66 Å². The molecule has 6 heteroatoms. The molecule has 0 saturated heterocycles. The van der Waals surface area contributed by atoms with E-state index in [9.17, 15) is 15.4 Å². The molecule has 0 radical (unpaired) electrons. The van der Waals surface area contributed by atoms with Crippen LogP contribution < -0.4 is 4.74 Å². The number of nitrogens with zero attached hydrogens (tertiary/aromatic N) is 3. The summed E-state index contributed by atoms with van der Waals surface area (Å²) in [5, 5.41) is 29.6. The lowest BCUT2D eigenvalue weighted by Crippen LogP contribution is -2.18. The van der Waals surface area contributed by atoms with Crippen molar-refractivity contribution in [1.29, 1.82) is 10.5 Å². The fraction of sp³-hybridized carbons (Fsp3) is 0.130. The van der Waals surface area contributed by atoms with Gasteiger partial charge in [-0.05, 0) is 23.3 Å². The topological polar surface area (TPSA) is 99.9 Å². The van der Waals surface area contributed by atoms with Crippen molar-refractivity contribution in [2.75, 3.05) is 0 Å². The van der Waals surface area contributed by atoms with Gasteiger partial charge >= 0.3 is 5.69 Å². The largest absolute Gasteiger partial charge is 0.450 e. The van der Waals surface area contributed by atoms with Crippen LogP contribution in [0.5, 0.6) is 11.5 Å². The molecule has 0 aromatic heterocycles. The van der Waals surface area contributed by atoms with Gasteiger partial charge in [0.1, 0.15) is 17.9 Å². The molecule has 0 fully saturated rings. The third kappa shape index (κ3) is 3.92. The molecule has 0 aliphatic heterocycles. The Kier molecular flexibility index (Phi) is 5.29. The van der Waals surface area contributed by atoms with Crippen LogP contribution in [-0.2, 0) is 5.41 Å². The summed E-state index contributed by atoms with van der Waals surface area (Å²) in [5.41, 5.74) is 1.59. The number of hydrogen-bond donors (Lipinski definition) is 0. The minimum atomic E-state index is -0.635. The molecular weight excluding hydrogens is 366 g/mol. The summed E-state index contributed by atoms with van der Waals surface area (Å²) >= 11 is 0. The monoisotopic (exact) mass is 383 g/mol. The van der Waals surface area contributed by atoms with Crippen LogP contribution in [0.15, 0.2) is 66.7 Å². The highest BCUT2D eigenvalue weighted by atomic mass is 16.6. The molecule has 29 heavy (non-hydrogen) atoms. The van der Waals surface area contributed by atoms with Crippen molar-refractivity contribution in [2.45, 2.75) is 19.3 Å². The van der Waals surface area contributed by atoms with E-state index in [1.165, 1.54) is 6.07 Å². The second-order valence-corrected chi connectivity index (χ2v) is 6.96. The van der Waals surface area contributed by atoms with Crippen LogP contribution >= 0.6 is 0 Å². The van der Waals surface area contributed by atoms with E-state index in [-0.39, 0.29) is 28.0 Å². The lowest BCUT2D eigenvalue weighted by Gasteiger charge is -2.26. The summed E-state index contributed by atoms with van der Waals surface area (Å²) in [7, 11) is 0. The molecule has 0 saturated carbocycles. The van der Waals surface area contributed by atoms with Gasteiger partial charge < -0.3 is 4.74 Å². The fourth-order valence-corrected chi connectivity index (χ4v) is 3.07. The Labute approximate surface area is 168 Å². The number of nitro benzene ring substituents is 1. The summed E-state index contributed by atoms with van der Waals surface area (Å²) in [6.07, 6.45) is 0. The van der Waals surface area contributed by atoms with Gasteiger partial charge in [0, 0.05) is 17.5 Å². The molecule has 0 aliphatic carbocycles. The summed E-state index contributed by atoms with van der Waals surface area (Å²) in [6.45, 7) is 4.23. The molecule has 0 aliphatic rings. The summed E-state index contributed by atoms with van der Waals surface area (Å²) in [5.74, 6) is 0.315. The van der Waals surface area contributed by atoms with Gasteiger partial charge in [0.15, 0.2) is 0 Å². The van der Waals surface area contributed by atoms with Crippen molar-refractivity contribution in [3.05, 3.63) is 99.1 Å². The van der Waals surface area contributed by atoms with E-state index in [0.29, 0.717) is 5.75 Å². The molecule has 3 aromatic carbocycles. The average molecular weight is 383 g/mol. The molecule has 0 heterocycles. The molecule has 0 amide bonds. The van der Waals surface area contributed by atoms with Crippen molar-refractivity contribution in [2.24, 2.45) is 0 Å². The smallest absolute Gasteiger partial charge is 0.312 e. The molecule has 0 N–H and O–H groups in total. The highest BCUT2D eigenvalue weighted by molar-refractivity contribution is 5.60. The maximum absolute atomic E-state index is 11.4. The molecular formula is C23H17N3O3. The van der Waals surface area contributed by atoms with E-state index in [2.05, 4.69) is 26.0 Å². The number of nitro groups is 1. The minimum Gasteiger partial charge on any atom is -0.450 e. The average Bonchev–Trinajstić information content (AvgIpc) is 2.74. The number of rotatable bonds is 5. The zero-order valence-electron chi connectivity index (χ0n) is 15.9. The van der Waals surface area contributed by atoms with E-state index < -0.39 is 4.92 Å². The van der Waals surface area contributed by atoms with Crippen LogP contribution in [0.25, 0.3) is 0 Å². The van der Waals surface area contributed by atoms with Gasteiger partial charge in [-0.1, -0.05) is 56.3 Å². The lowest BCUT2D eigenvalue weighted by atomic mass is 9.78. The van der Waals surface area contributed by atoms with E-state index >= 15 is 0 Å². The standard InChI is InChI=1S/C23H17N3O3/c1-23(2,18-6-4-3-5-7-18)19-8-10-20(11-9-19)29-22-13-17(15-25)16(14-24)12-21(22)26(27)28/h3-13H,1-2H3. The maximum atomic E-state index is 11.4. The molecule has 6 nitrogen and oxygen atoms in total. The van der Waals surface area contributed by atoms with Gasteiger partial charge in [0.05, 0.1) is 16.1 Å². The molecule has 0 bridgehead atoms. The highest BCUT2D eigenvalue weighted by Crippen LogP contribution is 2.36. The van der Waals surface area contributed by atoms with E-state index in [0.717, 1.165) is 17.2 Å². The zero-order chi connectivity index (χ0) is 21.0. The van der Waals surface area contributed by atoms with Crippen LogP contribution in [0.4, 0.5) is 5.69 Å². The predicted molar refractivity (Wildman–Crippen MR) is 108 cm³/mol.